The second-order valence-electron chi connectivity index (χ2n) is 6.74. The lowest BCUT2D eigenvalue weighted by atomic mass is 9.97. The number of anilines is 1. The fourth-order valence-corrected chi connectivity index (χ4v) is 3.45. The molecule has 0 aliphatic carbocycles. The fourth-order valence-electron chi connectivity index (χ4n) is 3.45. The second-order valence-corrected chi connectivity index (χ2v) is 6.74. The van der Waals surface area contributed by atoms with Crippen LogP contribution in [-0.2, 0) is 17.3 Å². The van der Waals surface area contributed by atoms with Gasteiger partial charge in [-0.05, 0) is 24.1 Å². The number of morpholine rings is 1. The van der Waals surface area contributed by atoms with E-state index in [9.17, 15) is 18.3 Å². The Bertz CT molecular complexity index is 1010. The highest BCUT2D eigenvalue weighted by Crippen LogP contribution is 2.34. The first-order valence-corrected chi connectivity index (χ1v) is 8.89. The molecule has 3 aromatic rings. The monoisotopic (exact) mass is 392 g/mol. The smallest absolute Gasteiger partial charge is 0.416 e. The molecular weight excluding hydrogens is 373 g/mol. The summed E-state index contributed by atoms with van der Waals surface area (Å²) in [6, 6.07) is 5.68. The van der Waals surface area contributed by atoms with Crippen molar-refractivity contribution < 1.29 is 23.0 Å². The van der Waals surface area contributed by atoms with Crippen LogP contribution in [0.1, 0.15) is 22.3 Å². The Morgan fingerprint density at radius 1 is 1.18 bits per heavy atom. The van der Waals surface area contributed by atoms with Crippen LogP contribution in [0.4, 0.5) is 19.0 Å². The number of rotatable bonds is 3. The Kier molecular flexibility index (Phi) is 4.62. The molecule has 4 rings (SSSR count). The lowest BCUT2D eigenvalue weighted by Crippen LogP contribution is -2.36. The first-order chi connectivity index (χ1) is 13.3. The molecule has 0 atom stereocenters. The molecule has 9 heteroatoms. The Labute approximate surface area is 159 Å². The minimum atomic E-state index is -4.40. The van der Waals surface area contributed by atoms with Crippen molar-refractivity contribution in [1.82, 2.24) is 14.6 Å². The van der Waals surface area contributed by atoms with Gasteiger partial charge < -0.3 is 14.7 Å². The molecule has 3 heterocycles. The number of alkyl halides is 3. The number of ether oxygens (including phenoxy) is 1. The molecule has 0 bridgehead atoms. The second kappa shape index (κ2) is 6.97. The minimum Gasteiger partial charge on any atom is -0.493 e. The maximum atomic E-state index is 13.2. The van der Waals surface area contributed by atoms with Gasteiger partial charge in [-0.25, -0.2) is 4.98 Å². The molecule has 0 amide bonds. The van der Waals surface area contributed by atoms with Gasteiger partial charge in [-0.3, -0.25) is 0 Å². The first-order valence-electron chi connectivity index (χ1n) is 8.89. The Balaban J connectivity index is 1.73. The quantitative estimate of drug-likeness (QED) is 0.742. The van der Waals surface area contributed by atoms with Crippen molar-refractivity contribution in [3.8, 4) is 5.88 Å². The largest absolute Gasteiger partial charge is 0.493 e. The standard InChI is InChI=1S/C19H19F3N4O2/c1-12-13(3-2-4-15(12)19(20,21)22)9-14-11-23-26-17(27)10-16(24-18(14)26)25-5-7-28-8-6-25/h2-4,10-11,27H,5-9H2,1H3. The highest BCUT2D eigenvalue weighted by atomic mass is 19.4. The highest BCUT2D eigenvalue weighted by Gasteiger charge is 2.32. The van der Waals surface area contributed by atoms with E-state index in [-0.39, 0.29) is 17.9 Å². The third-order valence-electron chi connectivity index (χ3n) is 4.98. The van der Waals surface area contributed by atoms with Crippen molar-refractivity contribution in [1.29, 1.82) is 0 Å². The van der Waals surface area contributed by atoms with E-state index in [0.717, 1.165) is 6.07 Å². The van der Waals surface area contributed by atoms with Gasteiger partial charge in [0, 0.05) is 31.1 Å². The number of halogens is 3. The molecule has 1 aliphatic rings. The molecule has 1 saturated heterocycles. The summed E-state index contributed by atoms with van der Waals surface area (Å²) >= 11 is 0. The Hall–Kier alpha value is -2.81. The molecule has 0 unspecified atom stereocenters. The average molecular weight is 392 g/mol. The lowest BCUT2D eigenvalue weighted by Gasteiger charge is -2.27. The van der Waals surface area contributed by atoms with E-state index >= 15 is 0 Å². The third-order valence-corrected chi connectivity index (χ3v) is 4.98. The molecule has 0 radical (unpaired) electrons. The van der Waals surface area contributed by atoms with Crippen molar-refractivity contribution in [3.63, 3.8) is 0 Å². The normalized spacial score (nSPS) is 15.4. The molecular formula is C19H19F3N4O2. The summed E-state index contributed by atoms with van der Waals surface area (Å²) in [5.74, 6) is 0.523. The van der Waals surface area contributed by atoms with Gasteiger partial charge >= 0.3 is 6.18 Å². The van der Waals surface area contributed by atoms with Gasteiger partial charge in [-0.1, -0.05) is 12.1 Å². The number of benzene rings is 1. The summed E-state index contributed by atoms with van der Waals surface area (Å²) in [5, 5.41) is 14.5. The van der Waals surface area contributed by atoms with E-state index in [1.165, 1.54) is 29.8 Å². The van der Waals surface area contributed by atoms with Gasteiger partial charge in [0.1, 0.15) is 5.82 Å². The van der Waals surface area contributed by atoms with Crippen LogP contribution in [0.5, 0.6) is 5.88 Å². The van der Waals surface area contributed by atoms with Gasteiger partial charge in [-0.2, -0.15) is 22.8 Å². The van der Waals surface area contributed by atoms with E-state index in [1.54, 1.807) is 6.07 Å². The Morgan fingerprint density at radius 2 is 1.93 bits per heavy atom. The van der Waals surface area contributed by atoms with Crippen LogP contribution in [0.15, 0.2) is 30.5 Å². The zero-order valence-corrected chi connectivity index (χ0v) is 15.2. The predicted octanol–water partition coefficient (Wildman–Crippen LogP) is 3.19. The fraction of sp³-hybridized carbons (Fsp3) is 0.368. The van der Waals surface area contributed by atoms with Crippen molar-refractivity contribution in [2.45, 2.75) is 19.5 Å². The summed E-state index contributed by atoms with van der Waals surface area (Å²) in [5.41, 5.74) is 1.16. The van der Waals surface area contributed by atoms with Gasteiger partial charge in [0.25, 0.3) is 0 Å². The molecule has 1 fully saturated rings. The number of hydrogen-bond donors (Lipinski definition) is 1. The van der Waals surface area contributed by atoms with Crippen molar-refractivity contribution >= 4 is 11.5 Å². The lowest BCUT2D eigenvalue weighted by molar-refractivity contribution is -0.138. The number of nitrogens with zero attached hydrogens (tertiary/aromatic N) is 4. The third kappa shape index (κ3) is 3.37. The van der Waals surface area contributed by atoms with Crippen molar-refractivity contribution in [2.24, 2.45) is 0 Å². The summed E-state index contributed by atoms with van der Waals surface area (Å²) < 4.78 is 46.2. The van der Waals surface area contributed by atoms with Gasteiger partial charge in [0.2, 0.25) is 5.88 Å². The van der Waals surface area contributed by atoms with Crippen LogP contribution in [0.2, 0.25) is 0 Å². The highest BCUT2D eigenvalue weighted by molar-refractivity contribution is 5.57. The van der Waals surface area contributed by atoms with Gasteiger partial charge in [-0.15, -0.1) is 0 Å². The summed E-state index contributed by atoms with van der Waals surface area (Å²) in [4.78, 5) is 6.60. The number of aromatic nitrogens is 3. The topological polar surface area (TPSA) is 62.9 Å². The molecule has 148 valence electrons. The molecule has 1 aliphatic heterocycles. The van der Waals surface area contributed by atoms with E-state index in [4.69, 9.17) is 4.74 Å². The molecule has 1 N–H and O–H groups in total. The Morgan fingerprint density at radius 3 is 2.64 bits per heavy atom. The number of aromatic hydroxyl groups is 1. The van der Waals surface area contributed by atoms with E-state index in [0.29, 0.717) is 48.9 Å². The molecule has 0 saturated carbocycles. The van der Waals surface area contributed by atoms with Crippen LogP contribution in [0, 0.1) is 6.92 Å². The SMILES string of the molecule is Cc1c(Cc2cnn3c(O)cc(N4CCOCC4)nc23)cccc1C(F)(F)F. The van der Waals surface area contributed by atoms with Crippen molar-refractivity contribution in [3.05, 3.63) is 52.7 Å². The van der Waals surface area contributed by atoms with Crippen LogP contribution in [-0.4, -0.2) is 46.0 Å². The molecule has 28 heavy (non-hydrogen) atoms. The molecule has 6 nitrogen and oxygen atoms in total. The minimum absolute atomic E-state index is 0.0708. The molecule has 0 spiro atoms. The van der Waals surface area contributed by atoms with Crippen molar-refractivity contribution in [2.75, 3.05) is 31.2 Å². The van der Waals surface area contributed by atoms with Crippen LogP contribution >= 0.6 is 0 Å². The summed E-state index contributed by atoms with van der Waals surface area (Å²) in [7, 11) is 0. The summed E-state index contributed by atoms with van der Waals surface area (Å²) in [6.45, 7) is 3.91. The van der Waals surface area contributed by atoms with Crippen LogP contribution < -0.4 is 4.90 Å². The number of hydrogen-bond acceptors (Lipinski definition) is 5. The molecule has 2 aromatic heterocycles. The van der Waals surface area contributed by atoms with E-state index in [2.05, 4.69) is 10.1 Å². The maximum absolute atomic E-state index is 13.2. The zero-order valence-electron chi connectivity index (χ0n) is 15.2. The van der Waals surface area contributed by atoms with Crippen LogP contribution in [0.25, 0.3) is 5.65 Å². The first kappa shape index (κ1) is 18.5. The predicted molar refractivity (Wildman–Crippen MR) is 96.7 cm³/mol. The maximum Gasteiger partial charge on any atom is 0.416 e. The van der Waals surface area contributed by atoms with E-state index in [1.807, 2.05) is 4.90 Å². The van der Waals surface area contributed by atoms with Gasteiger partial charge in [0.15, 0.2) is 5.65 Å². The van der Waals surface area contributed by atoms with E-state index < -0.39 is 11.7 Å². The molecule has 1 aromatic carbocycles. The average Bonchev–Trinajstić information content (AvgIpc) is 3.06. The zero-order chi connectivity index (χ0) is 19.9. The van der Waals surface area contributed by atoms with Crippen LogP contribution in [0.3, 0.4) is 0 Å². The van der Waals surface area contributed by atoms with Gasteiger partial charge in [0.05, 0.1) is 25.0 Å². The summed E-state index contributed by atoms with van der Waals surface area (Å²) in [6.07, 6.45) is -2.63. The number of fused-ring (bicyclic) bond motifs is 1.